The number of amides is 1. The number of nitrogens with zero attached hydrogens (tertiary/aromatic N) is 2. The average Bonchev–Trinajstić information content (AvgIpc) is 3.08. The van der Waals surface area contributed by atoms with Crippen molar-refractivity contribution in [1.29, 1.82) is 0 Å². The van der Waals surface area contributed by atoms with Crippen molar-refractivity contribution in [2.45, 2.75) is 45.6 Å². The van der Waals surface area contributed by atoms with E-state index in [1.165, 1.54) is 0 Å². The lowest BCUT2D eigenvalue weighted by Gasteiger charge is -2.36. The third-order valence-electron chi connectivity index (χ3n) is 5.21. The Balaban J connectivity index is 1.53. The van der Waals surface area contributed by atoms with E-state index in [9.17, 15) is 9.82 Å². The first-order chi connectivity index (χ1) is 12.8. The second-order valence-electron chi connectivity index (χ2n) is 8.34. The normalized spacial score (nSPS) is 19.3. The van der Waals surface area contributed by atoms with E-state index >= 15 is 0 Å². The molecule has 1 aromatic rings. The molecule has 0 atom stereocenters. The molecule has 3 heterocycles. The molecule has 0 spiro atoms. The lowest BCUT2D eigenvalue weighted by molar-refractivity contribution is 0.0199. The predicted octanol–water partition coefficient (Wildman–Crippen LogP) is 3.09. The molecule has 1 amide bonds. The number of piperidine rings is 1. The van der Waals surface area contributed by atoms with Crippen LogP contribution in [0.2, 0.25) is 0 Å². The van der Waals surface area contributed by atoms with Gasteiger partial charge in [0.05, 0.1) is 11.9 Å². The first-order valence-electron chi connectivity index (χ1n) is 9.55. The van der Waals surface area contributed by atoms with Gasteiger partial charge in [0.1, 0.15) is 11.4 Å². The fourth-order valence-corrected chi connectivity index (χ4v) is 4.01. The Hall–Kier alpha value is -2.28. The van der Waals surface area contributed by atoms with E-state index in [2.05, 4.69) is 17.1 Å². The molecule has 0 unspecified atom stereocenters. The molecule has 0 bridgehead atoms. The quantitative estimate of drug-likeness (QED) is 0.772. The van der Waals surface area contributed by atoms with Crippen LogP contribution in [0.25, 0.3) is 11.6 Å². The minimum Gasteiger partial charge on any atom is -0.531 e. The van der Waals surface area contributed by atoms with Crippen molar-refractivity contribution in [2.75, 3.05) is 13.1 Å². The van der Waals surface area contributed by atoms with Gasteiger partial charge in [-0.15, -0.1) is 0 Å². The largest absolute Gasteiger partial charge is 0.552 e. The summed E-state index contributed by atoms with van der Waals surface area (Å²) in [5.41, 5.74) is 3.82. The molecular weight excluding hydrogens is 343 g/mol. The number of allylic oxidation sites excluding steroid dienone is 2. The Labute approximate surface area is 160 Å². The van der Waals surface area contributed by atoms with Crippen molar-refractivity contribution in [1.82, 2.24) is 9.88 Å². The number of carbonyl (C=O) groups is 1. The van der Waals surface area contributed by atoms with Crippen LogP contribution in [0.5, 0.6) is 5.75 Å². The number of hydrogen-bond donors (Lipinski definition) is 1. The number of rotatable bonds is 1. The number of ether oxygens (including phenoxy) is 1. The highest BCUT2D eigenvalue weighted by molar-refractivity contribution is 6.52. The summed E-state index contributed by atoms with van der Waals surface area (Å²) in [7, 11) is -0.957. The number of fused-ring (bicyclic) bond motifs is 3. The number of pyridine rings is 1. The molecule has 3 aliphatic rings. The van der Waals surface area contributed by atoms with Crippen LogP contribution in [0.15, 0.2) is 18.2 Å². The maximum Gasteiger partial charge on any atom is 0.552 e. The lowest BCUT2D eigenvalue weighted by atomic mass is 9.74. The molecule has 0 radical (unpaired) electrons. The van der Waals surface area contributed by atoms with Crippen molar-refractivity contribution < 1.29 is 19.2 Å². The molecule has 1 fully saturated rings. The Kier molecular flexibility index (Phi) is 4.50. The van der Waals surface area contributed by atoms with Crippen molar-refractivity contribution in [3.8, 4) is 5.75 Å². The molecule has 27 heavy (non-hydrogen) atoms. The molecule has 0 saturated carbocycles. The van der Waals surface area contributed by atoms with Gasteiger partial charge < -0.3 is 19.3 Å². The van der Waals surface area contributed by atoms with Crippen molar-refractivity contribution >= 4 is 24.9 Å². The van der Waals surface area contributed by atoms with Gasteiger partial charge in [-0.2, -0.15) is 0 Å². The number of aromatic nitrogens is 1. The third-order valence-corrected chi connectivity index (χ3v) is 5.21. The van der Waals surface area contributed by atoms with E-state index in [0.717, 1.165) is 41.7 Å². The van der Waals surface area contributed by atoms with Gasteiger partial charge in [0.25, 0.3) is 0 Å². The summed E-state index contributed by atoms with van der Waals surface area (Å²) in [6.45, 7) is 6.93. The Bertz CT molecular complexity index is 820. The zero-order chi connectivity index (χ0) is 19.2. The van der Waals surface area contributed by atoms with Crippen LogP contribution < -0.4 is 4.65 Å². The minimum absolute atomic E-state index is 0.254. The topological polar surface area (TPSA) is 71.9 Å². The van der Waals surface area contributed by atoms with Crippen LogP contribution in [0.1, 0.15) is 50.4 Å². The van der Waals surface area contributed by atoms with Crippen LogP contribution in [0.3, 0.4) is 0 Å². The molecule has 6 nitrogen and oxygen atoms in total. The molecule has 4 rings (SSSR count). The highest BCUT2D eigenvalue weighted by Crippen LogP contribution is 2.43. The number of likely N-dealkylation sites (tertiary alicyclic amines) is 1. The predicted molar refractivity (Wildman–Crippen MR) is 104 cm³/mol. The Morgan fingerprint density at radius 1 is 1.37 bits per heavy atom. The van der Waals surface area contributed by atoms with Crippen LogP contribution in [0.4, 0.5) is 4.79 Å². The number of carbonyl (C=O) groups excluding carboxylic acids is 1. The summed E-state index contributed by atoms with van der Waals surface area (Å²) in [4.78, 5) is 18.5. The van der Waals surface area contributed by atoms with Crippen LogP contribution in [0, 0.1) is 5.92 Å². The molecule has 2 aliphatic heterocycles. The van der Waals surface area contributed by atoms with Crippen LogP contribution in [-0.4, -0.2) is 46.8 Å². The first kappa shape index (κ1) is 18.1. The first-order valence-corrected chi connectivity index (χ1v) is 9.55. The zero-order valence-electron chi connectivity index (χ0n) is 16.1. The fourth-order valence-electron chi connectivity index (χ4n) is 4.01. The highest BCUT2D eigenvalue weighted by Gasteiger charge is 2.35. The second kappa shape index (κ2) is 6.71. The Morgan fingerprint density at radius 2 is 2.11 bits per heavy atom. The van der Waals surface area contributed by atoms with Crippen molar-refractivity contribution in [3.63, 3.8) is 0 Å². The monoisotopic (exact) mass is 368 g/mol. The zero-order valence-corrected chi connectivity index (χ0v) is 16.1. The second-order valence-corrected chi connectivity index (χ2v) is 8.34. The molecule has 1 aliphatic carbocycles. The van der Waals surface area contributed by atoms with Gasteiger partial charge in [-0.1, -0.05) is 12.2 Å². The lowest BCUT2D eigenvalue weighted by Crippen LogP contribution is -2.42. The van der Waals surface area contributed by atoms with Gasteiger partial charge >= 0.3 is 13.2 Å². The van der Waals surface area contributed by atoms with E-state index in [4.69, 9.17) is 9.39 Å². The SMILES string of the molecule is CC(C)(C)OC(=O)N1CCC(C2=CB(O)Oc3cnc4c(c32)C=CC4)CC1. The average molecular weight is 368 g/mol. The smallest absolute Gasteiger partial charge is 0.531 e. The summed E-state index contributed by atoms with van der Waals surface area (Å²) in [5.74, 6) is 2.71. The van der Waals surface area contributed by atoms with Gasteiger partial charge in [-0.3, -0.25) is 4.98 Å². The van der Waals surface area contributed by atoms with E-state index in [1.54, 1.807) is 11.1 Å². The highest BCUT2D eigenvalue weighted by atomic mass is 16.6. The standard InChI is InChI=1S/C20H25BN2O4/c1-20(2,3)26-19(24)23-9-7-13(8-10-23)15-11-21(25)27-17-12-22-16-6-4-5-14(16)18(15)17/h4-5,11-13,25H,6-10H2,1-3H3. The maximum absolute atomic E-state index is 12.3. The van der Waals surface area contributed by atoms with Crippen molar-refractivity contribution in [2.24, 2.45) is 5.92 Å². The summed E-state index contributed by atoms with van der Waals surface area (Å²) >= 11 is 0. The molecule has 142 valence electrons. The fraction of sp³-hybridized carbons (Fsp3) is 0.500. The summed E-state index contributed by atoms with van der Waals surface area (Å²) < 4.78 is 11.1. The van der Waals surface area contributed by atoms with Crippen molar-refractivity contribution in [3.05, 3.63) is 35.1 Å². The summed E-state index contributed by atoms with van der Waals surface area (Å²) in [6, 6.07) is 0. The molecular formula is C20H25BN2O4. The maximum atomic E-state index is 12.3. The van der Waals surface area contributed by atoms with Gasteiger partial charge in [0.15, 0.2) is 0 Å². The van der Waals surface area contributed by atoms with E-state index in [1.807, 2.05) is 26.7 Å². The molecule has 7 heteroatoms. The Morgan fingerprint density at radius 3 is 2.81 bits per heavy atom. The molecule has 1 saturated heterocycles. The third kappa shape index (κ3) is 3.61. The summed E-state index contributed by atoms with van der Waals surface area (Å²) in [6.07, 6.45) is 8.14. The van der Waals surface area contributed by atoms with Gasteiger partial charge in [-0.05, 0) is 51.1 Å². The van der Waals surface area contributed by atoms with Crippen LogP contribution >= 0.6 is 0 Å². The van der Waals surface area contributed by atoms with Gasteiger partial charge in [0, 0.05) is 30.6 Å². The van der Waals surface area contributed by atoms with E-state index in [0.29, 0.717) is 18.8 Å². The minimum atomic E-state index is -0.957. The molecule has 1 N–H and O–H groups in total. The molecule has 1 aromatic heterocycles. The van der Waals surface area contributed by atoms with Gasteiger partial charge in [-0.25, -0.2) is 4.79 Å². The molecule has 0 aromatic carbocycles. The van der Waals surface area contributed by atoms with E-state index < -0.39 is 12.7 Å². The van der Waals surface area contributed by atoms with E-state index in [-0.39, 0.29) is 12.0 Å². The number of hydrogen-bond acceptors (Lipinski definition) is 5. The van der Waals surface area contributed by atoms with Gasteiger partial charge in [0.2, 0.25) is 0 Å². The van der Waals surface area contributed by atoms with Crippen LogP contribution in [-0.2, 0) is 11.2 Å². The summed E-state index contributed by atoms with van der Waals surface area (Å²) in [5, 5.41) is 10.1.